The van der Waals surface area contributed by atoms with Gasteiger partial charge in [0.1, 0.15) is 29.8 Å². The number of fused-ring (bicyclic) bond motifs is 1. The fourth-order valence-electron chi connectivity index (χ4n) is 2.42. The Morgan fingerprint density at radius 3 is 2.36 bits per heavy atom. The molecular weight excluding hydrogens is 288 g/mol. The van der Waals surface area contributed by atoms with Crippen molar-refractivity contribution in [3.8, 4) is 11.5 Å². The van der Waals surface area contributed by atoms with Crippen molar-refractivity contribution < 1.29 is 29.5 Å². The maximum absolute atomic E-state index is 9.88. The highest BCUT2D eigenvalue weighted by atomic mass is 16.7. The SMILES string of the molecule is COc1ccc2ccc(O[C@@H]3OC[C@@H](O)[C@H](O)[C@H]3O)cc2c1. The maximum atomic E-state index is 9.88. The molecule has 118 valence electrons. The summed E-state index contributed by atoms with van der Waals surface area (Å²) in [4.78, 5) is 0. The lowest BCUT2D eigenvalue weighted by Gasteiger charge is -2.34. The van der Waals surface area contributed by atoms with E-state index in [0.29, 0.717) is 5.75 Å². The minimum atomic E-state index is -1.32. The van der Waals surface area contributed by atoms with Crippen LogP contribution >= 0.6 is 0 Å². The van der Waals surface area contributed by atoms with E-state index in [1.54, 1.807) is 19.2 Å². The fourth-order valence-corrected chi connectivity index (χ4v) is 2.42. The molecule has 0 bridgehead atoms. The van der Waals surface area contributed by atoms with Gasteiger partial charge in [-0.2, -0.15) is 0 Å². The van der Waals surface area contributed by atoms with Crippen LogP contribution in [0.2, 0.25) is 0 Å². The average Bonchev–Trinajstić information content (AvgIpc) is 2.54. The minimum absolute atomic E-state index is 0.0930. The summed E-state index contributed by atoms with van der Waals surface area (Å²) < 4.78 is 16.0. The van der Waals surface area contributed by atoms with Crippen molar-refractivity contribution in [3.05, 3.63) is 36.4 Å². The van der Waals surface area contributed by atoms with E-state index in [1.807, 2.05) is 24.3 Å². The summed E-state index contributed by atoms with van der Waals surface area (Å²) in [5.41, 5.74) is 0. The van der Waals surface area contributed by atoms with Gasteiger partial charge < -0.3 is 29.5 Å². The molecule has 1 heterocycles. The molecule has 6 nitrogen and oxygen atoms in total. The third kappa shape index (κ3) is 2.86. The zero-order valence-electron chi connectivity index (χ0n) is 12.0. The number of benzene rings is 2. The Morgan fingerprint density at radius 1 is 0.955 bits per heavy atom. The van der Waals surface area contributed by atoms with Crippen LogP contribution in [-0.4, -0.2) is 53.6 Å². The number of aliphatic hydroxyl groups is 3. The van der Waals surface area contributed by atoms with Gasteiger partial charge in [0.25, 0.3) is 0 Å². The van der Waals surface area contributed by atoms with E-state index >= 15 is 0 Å². The van der Waals surface area contributed by atoms with Crippen molar-refractivity contribution in [2.24, 2.45) is 0 Å². The number of aliphatic hydroxyl groups excluding tert-OH is 3. The molecule has 2 aromatic carbocycles. The molecule has 4 atom stereocenters. The Kier molecular flexibility index (Phi) is 4.17. The van der Waals surface area contributed by atoms with Crippen LogP contribution in [0.3, 0.4) is 0 Å². The van der Waals surface area contributed by atoms with Crippen molar-refractivity contribution in [3.63, 3.8) is 0 Å². The summed E-state index contributed by atoms with van der Waals surface area (Å²) in [6, 6.07) is 11.1. The quantitative estimate of drug-likeness (QED) is 0.772. The first-order chi connectivity index (χ1) is 10.6. The lowest BCUT2D eigenvalue weighted by atomic mass is 10.1. The molecule has 0 unspecified atom stereocenters. The smallest absolute Gasteiger partial charge is 0.228 e. The van der Waals surface area contributed by atoms with E-state index in [2.05, 4.69) is 0 Å². The van der Waals surface area contributed by atoms with Crippen LogP contribution in [0.25, 0.3) is 10.8 Å². The maximum Gasteiger partial charge on any atom is 0.228 e. The molecular formula is C16H18O6. The van der Waals surface area contributed by atoms with Gasteiger partial charge in [0, 0.05) is 0 Å². The fraction of sp³-hybridized carbons (Fsp3) is 0.375. The van der Waals surface area contributed by atoms with E-state index in [4.69, 9.17) is 14.2 Å². The summed E-state index contributed by atoms with van der Waals surface area (Å²) in [5.74, 6) is 1.23. The summed E-state index contributed by atoms with van der Waals surface area (Å²) >= 11 is 0. The first-order valence-corrected chi connectivity index (χ1v) is 6.99. The van der Waals surface area contributed by atoms with E-state index in [9.17, 15) is 15.3 Å². The Bertz CT molecular complexity index is 658. The second kappa shape index (κ2) is 6.10. The molecule has 2 aromatic rings. The Morgan fingerprint density at radius 2 is 1.64 bits per heavy atom. The molecule has 1 fully saturated rings. The van der Waals surface area contributed by atoms with Crippen molar-refractivity contribution in [2.45, 2.75) is 24.6 Å². The van der Waals surface area contributed by atoms with Crippen molar-refractivity contribution in [2.75, 3.05) is 13.7 Å². The molecule has 22 heavy (non-hydrogen) atoms. The van der Waals surface area contributed by atoms with E-state index in [0.717, 1.165) is 16.5 Å². The van der Waals surface area contributed by atoms with Gasteiger partial charge in [-0.15, -0.1) is 0 Å². The van der Waals surface area contributed by atoms with Crippen LogP contribution in [0.15, 0.2) is 36.4 Å². The number of rotatable bonds is 3. The van der Waals surface area contributed by atoms with Gasteiger partial charge in [0.05, 0.1) is 13.7 Å². The second-order valence-electron chi connectivity index (χ2n) is 5.24. The van der Waals surface area contributed by atoms with Crippen LogP contribution in [0.5, 0.6) is 11.5 Å². The van der Waals surface area contributed by atoms with Gasteiger partial charge in [-0.25, -0.2) is 0 Å². The minimum Gasteiger partial charge on any atom is -0.497 e. The molecule has 3 rings (SSSR count). The van der Waals surface area contributed by atoms with Crippen LogP contribution in [0.1, 0.15) is 0 Å². The number of hydrogen-bond acceptors (Lipinski definition) is 6. The predicted octanol–water partition coefficient (Wildman–Crippen LogP) is 0.666. The second-order valence-corrected chi connectivity index (χ2v) is 5.24. The predicted molar refractivity (Wildman–Crippen MR) is 78.9 cm³/mol. The summed E-state index contributed by atoms with van der Waals surface area (Å²) in [6.07, 6.45) is -4.75. The standard InChI is InChI=1S/C16H18O6/c1-20-11-4-2-9-3-5-12(7-10(9)6-11)22-16-15(19)14(18)13(17)8-21-16/h2-7,13-19H,8H2,1H3/t13-,14+,15-,16+/m1/s1. The molecule has 0 saturated carbocycles. The Balaban J connectivity index is 1.81. The topological polar surface area (TPSA) is 88.4 Å². The van der Waals surface area contributed by atoms with Gasteiger partial charge in [-0.05, 0) is 35.0 Å². The zero-order chi connectivity index (χ0) is 15.7. The lowest BCUT2D eigenvalue weighted by Crippen LogP contribution is -2.54. The van der Waals surface area contributed by atoms with E-state index in [1.165, 1.54) is 0 Å². The van der Waals surface area contributed by atoms with Crippen LogP contribution in [0, 0.1) is 0 Å². The van der Waals surface area contributed by atoms with Gasteiger partial charge in [-0.3, -0.25) is 0 Å². The molecule has 3 N–H and O–H groups in total. The molecule has 0 aromatic heterocycles. The van der Waals surface area contributed by atoms with Crippen LogP contribution < -0.4 is 9.47 Å². The highest BCUT2D eigenvalue weighted by Gasteiger charge is 2.38. The highest BCUT2D eigenvalue weighted by molar-refractivity contribution is 5.85. The van der Waals surface area contributed by atoms with Crippen LogP contribution in [0.4, 0.5) is 0 Å². The van der Waals surface area contributed by atoms with Gasteiger partial charge in [0.2, 0.25) is 6.29 Å². The van der Waals surface area contributed by atoms with Crippen molar-refractivity contribution >= 4 is 10.8 Å². The normalized spacial score (nSPS) is 28.5. The summed E-state index contributed by atoms with van der Waals surface area (Å²) in [7, 11) is 1.60. The molecule has 1 aliphatic rings. The van der Waals surface area contributed by atoms with Crippen molar-refractivity contribution in [1.29, 1.82) is 0 Å². The molecule has 1 aliphatic heterocycles. The molecule has 0 spiro atoms. The van der Waals surface area contributed by atoms with Crippen molar-refractivity contribution in [1.82, 2.24) is 0 Å². The van der Waals surface area contributed by atoms with Gasteiger partial charge >= 0.3 is 0 Å². The average molecular weight is 306 g/mol. The number of ether oxygens (including phenoxy) is 3. The Labute approximate surface area is 127 Å². The first kappa shape index (κ1) is 15.1. The number of hydrogen-bond donors (Lipinski definition) is 3. The highest BCUT2D eigenvalue weighted by Crippen LogP contribution is 2.27. The van der Waals surface area contributed by atoms with Gasteiger partial charge in [-0.1, -0.05) is 12.1 Å². The van der Waals surface area contributed by atoms with Gasteiger partial charge in [0.15, 0.2) is 0 Å². The lowest BCUT2D eigenvalue weighted by molar-refractivity contribution is -0.242. The molecule has 0 radical (unpaired) electrons. The molecule has 0 aliphatic carbocycles. The molecule has 0 amide bonds. The summed E-state index contributed by atoms with van der Waals surface area (Å²) in [6.45, 7) is -0.0930. The zero-order valence-corrected chi connectivity index (χ0v) is 12.0. The van der Waals surface area contributed by atoms with E-state index in [-0.39, 0.29) is 6.61 Å². The third-order valence-electron chi connectivity index (χ3n) is 3.73. The monoisotopic (exact) mass is 306 g/mol. The molecule has 1 saturated heterocycles. The number of methoxy groups -OCH3 is 1. The Hall–Kier alpha value is -1.86. The molecule has 6 heteroatoms. The third-order valence-corrected chi connectivity index (χ3v) is 3.73. The van der Waals surface area contributed by atoms with E-state index < -0.39 is 24.6 Å². The van der Waals surface area contributed by atoms with Crippen LogP contribution in [-0.2, 0) is 4.74 Å². The largest absolute Gasteiger partial charge is 0.497 e. The summed E-state index contributed by atoms with van der Waals surface area (Å²) in [5, 5.41) is 30.9. The first-order valence-electron chi connectivity index (χ1n) is 6.99.